The maximum atomic E-state index is 12.8. The highest BCUT2D eigenvalue weighted by Gasteiger charge is 2.31. The predicted molar refractivity (Wildman–Crippen MR) is 75.3 cm³/mol. The minimum atomic E-state index is -4.43. The SMILES string of the molecule is CCc1c(-c2cncc(C(F)(F)F)c2)nc2ccc(C)nn12. The number of hydrogen-bond acceptors (Lipinski definition) is 3. The van der Waals surface area contributed by atoms with Crippen LogP contribution in [0.1, 0.15) is 23.9 Å². The Balaban J connectivity index is 2.22. The fourth-order valence-corrected chi connectivity index (χ4v) is 2.34. The minimum absolute atomic E-state index is 0.342. The summed E-state index contributed by atoms with van der Waals surface area (Å²) in [6.07, 6.45) is -1.62. The van der Waals surface area contributed by atoms with Gasteiger partial charge in [-0.1, -0.05) is 6.92 Å². The number of fused-ring (bicyclic) bond motifs is 1. The van der Waals surface area contributed by atoms with Crippen molar-refractivity contribution in [2.45, 2.75) is 26.4 Å². The standard InChI is InChI=1S/C15H13F3N4/c1-3-12-14(20-13-5-4-9(2)21-22(12)13)10-6-11(8-19-7-10)15(16,17)18/h4-8H,3H2,1-2H3. The van der Waals surface area contributed by atoms with Crippen LogP contribution in [-0.2, 0) is 12.6 Å². The molecule has 0 fully saturated rings. The van der Waals surface area contributed by atoms with Gasteiger partial charge in [0.2, 0.25) is 0 Å². The Kier molecular flexibility index (Phi) is 3.35. The minimum Gasteiger partial charge on any atom is -0.263 e. The third kappa shape index (κ3) is 2.43. The molecule has 7 heteroatoms. The lowest BCUT2D eigenvalue weighted by molar-refractivity contribution is -0.137. The van der Waals surface area contributed by atoms with Gasteiger partial charge in [0.15, 0.2) is 5.65 Å². The van der Waals surface area contributed by atoms with Crippen molar-refractivity contribution < 1.29 is 13.2 Å². The molecular weight excluding hydrogens is 293 g/mol. The van der Waals surface area contributed by atoms with Gasteiger partial charge in [-0.05, 0) is 31.5 Å². The van der Waals surface area contributed by atoms with Gasteiger partial charge < -0.3 is 0 Å². The Labute approximate surface area is 124 Å². The summed E-state index contributed by atoms with van der Waals surface area (Å²) in [4.78, 5) is 8.11. The number of rotatable bonds is 2. The molecule has 0 aliphatic carbocycles. The predicted octanol–water partition coefficient (Wildman–Crippen LogP) is 3.68. The number of aryl methyl sites for hydroxylation is 2. The largest absolute Gasteiger partial charge is 0.417 e. The van der Waals surface area contributed by atoms with Crippen LogP contribution in [0, 0.1) is 6.92 Å². The lowest BCUT2D eigenvalue weighted by Gasteiger charge is -2.07. The van der Waals surface area contributed by atoms with Crippen LogP contribution in [0.2, 0.25) is 0 Å². The number of hydrogen-bond donors (Lipinski definition) is 0. The highest BCUT2D eigenvalue weighted by Crippen LogP contribution is 2.32. The normalized spacial score (nSPS) is 12.0. The fourth-order valence-electron chi connectivity index (χ4n) is 2.34. The van der Waals surface area contributed by atoms with E-state index in [1.54, 1.807) is 10.6 Å². The number of imidazole rings is 1. The van der Waals surface area contributed by atoms with E-state index in [2.05, 4.69) is 15.1 Å². The van der Waals surface area contributed by atoms with Gasteiger partial charge in [0.25, 0.3) is 0 Å². The van der Waals surface area contributed by atoms with E-state index in [0.717, 1.165) is 23.7 Å². The number of pyridine rings is 1. The molecule has 0 bridgehead atoms. The Morgan fingerprint density at radius 3 is 2.64 bits per heavy atom. The van der Waals surface area contributed by atoms with Crippen LogP contribution in [0.5, 0.6) is 0 Å². The molecular formula is C15H13F3N4. The van der Waals surface area contributed by atoms with Gasteiger partial charge in [-0.2, -0.15) is 18.3 Å². The van der Waals surface area contributed by atoms with Crippen molar-refractivity contribution in [2.24, 2.45) is 0 Å². The van der Waals surface area contributed by atoms with Crippen LogP contribution in [-0.4, -0.2) is 19.6 Å². The quantitative estimate of drug-likeness (QED) is 0.725. The maximum Gasteiger partial charge on any atom is 0.417 e. The summed E-state index contributed by atoms with van der Waals surface area (Å²) in [5, 5.41) is 4.38. The smallest absolute Gasteiger partial charge is 0.263 e. The van der Waals surface area contributed by atoms with Gasteiger partial charge in [0.1, 0.15) is 0 Å². The molecule has 0 saturated heterocycles. The Hall–Kier alpha value is -2.44. The molecule has 0 aliphatic heterocycles. The zero-order chi connectivity index (χ0) is 15.9. The highest BCUT2D eigenvalue weighted by atomic mass is 19.4. The second-order valence-corrected chi connectivity index (χ2v) is 4.97. The first kappa shape index (κ1) is 14.5. The van der Waals surface area contributed by atoms with Crippen LogP contribution in [0.25, 0.3) is 16.9 Å². The third-order valence-electron chi connectivity index (χ3n) is 3.38. The molecule has 3 aromatic rings. The van der Waals surface area contributed by atoms with Crippen molar-refractivity contribution in [3.05, 3.63) is 47.5 Å². The molecule has 0 atom stereocenters. The summed E-state index contributed by atoms with van der Waals surface area (Å²) < 4.78 is 40.2. The third-order valence-corrected chi connectivity index (χ3v) is 3.38. The van der Waals surface area contributed by atoms with Crippen LogP contribution in [0.4, 0.5) is 13.2 Å². The van der Waals surface area contributed by atoms with Crippen LogP contribution < -0.4 is 0 Å². The summed E-state index contributed by atoms with van der Waals surface area (Å²) in [5.74, 6) is 0. The van der Waals surface area contributed by atoms with Crippen LogP contribution >= 0.6 is 0 Å². The van der Waals surface area contributed by atoms with E-state index < -0.39 is 11.7 Å². The van der Waals surface area contributed by atoms with Crippen molar-refractivity contribution in [1.29, 1.82) is 0 Å². The zero-order valence-corrected chi connectivity index (χ0v) is 12.0. The average Bonchev–Trinajstić information content (AvgIpc) is 2.84. The summed E-state index contributed by atoms with van der Waals surface area (Å²) in [7, 11) is 0. The van der Waals surface area contributed by atoms with Gasteiger partial charge in [0.05, 0.1) is 22.6 Å². The van der Waals surface area contributed by atoms with E-state index in [-0.39, 0.29) is 0 Å². The molecule has 0 aliphatic rings. The zero-order valence-electron chi connectivity index (χ0n) is 12.0. The molecule has 0 saturated carbocycles. The second-order valence-electron chi connectivity index (χ2n) is 4.97. The second kappa shape index (κ2) is 5.08. The molecule has 0 spiro atoms. The van der Waals surface area contributed by atoms with Crippen molar-refractivity contribution in [2.75, 3.05) is 0 Å². The molecule has 3 heterocycles. The molecule has 0 N–H and O–H groups in total. The summed E-state index contributed by atoms with van der Waals surface area (Å²) in [6.45, 7) is 3.77. The van der Waals surface area contributed by atoms with E-state index in [9.17, 15) is 13.2 Å². The molecule has 3 aromatic heterocycles. The van der Waals surface area contributed by atoms with Gasteiger partial charge in [-0.15, -0.1) is 0 Å². The lowest BCUT2D eigenvalue weighted by atomic mass is 10.1. The van der Waals surface area contributed by atoms with Gasteiger partial charge >= 0.3 is 6.18 Å². The van der Waals surface area contributed by atoms with E-state index >= 15 is 0 Å². The topological polar surface area (TPSA) is 43.1 Å². The van der Waals surface area contributed by atoms with E-state index in [4.69, 9.17) is 0 Å². The van der Waals surface area contributed by atoms with Gasteiger partial charge in [0, 0.05) is 18.0 Å². The number of aromatic nitrogens is 4. The summed E-state index contributed by atoms with van der Waals surface area (Å²) in [5.41, 5.74) is 2.23. The molecule has 4 nitrogen and oxygen atoms in total. The van der Waals surface area contributed by atoms with Gasteiger partial charge in [-0.3, -0.25) is 4.98 Å². The van der Waals surface area contributed by atoms with Crippen molar-refractivity contribution in [1.82, 2.24) is 19.6 Å². The number of halogens is 3. The molecule has 0 amide bonds. The highest BCUT2D eigenvalue weighted by molar-refractivity contribution is 5.66. The first-order valence-electron chi connectivity index (χ1n) is 6.78. The molecule has 0 radical (unpaired) electrons. The molecule has 0 unspecified atom stereocenters. The average molecular weight is 306 g/mol. The van der Waals surface area contributed by atoms with Crippen LogP contribution in [0.3, 0.4) is 0 Å². The maximum absolute atomic E-state index is 12.8. The van der Waals surface area contributed by atoms with Crippen molar-refractivity contribution in [3.63, 3.8) is 0 Å². The molecule has 0 aromatic carbocycles. The summed E-state index contributed by atoms with van der Waals surface area (Å²) in [6, 6.07) is 4.68. The summed E-state index contributed by atoms with van der Waals surface area (Å²) >= 11 is 0. The lowest BCUT2D eigenvalue weighted by Crippen LogP contribution is -2.05. The van der Waals surface area contributed by atoms with Crippen molar-refractivity contribution >= 4 is 5.65 Å². The van der Waals surface area contributed by atoms with Crippen LogP contribution in [0.15, 0.2) is 30.6 Å². The number of nitrogens with zero attached hydrogens (tertiary/aromatic N) is 4. The van der Waals surface area contributed by atoms with E-state index in [0.29, 0.717) is 23.3 Å². The molecule has 114 valence electrons. The van der Waals surface area contributed by atoms with Gasteiger partial charge in [-0.25, -0.2) is 9.50 Å². The fraction of sp³-hybridized carbons (Fsp3) is 0.267. The van der Waals surface area contributed by atoms with E-state index in [1.807, 2.05) is 19.9 Å². The molecule has 22 heavy (non-hydrogen) atoms. The first-order chi connectivity index (χ1) is 10.4. The molecule has 3 rings (SSSR count). The van der Waals surface area contributed by atoms with E-state index in [1.165, 1.54) is 6.20 Å². The monoisotopic (exact) mass is 306 g/mol. The van der Waals surface area contributed by atoms with Crippen molar-refractivity contribution in [3.8, 4) is 11.3 Å². The Morgan fingerprint density at radius 1 is 1.18 bits per heavy atom. The number of alkyl halides is 3. The first-order valence-corrected chi connectivity index (χ1v) is 6.78. The Bertz CT molecular complexity index is 836. The Morgan fingerprint density at radius 2 is 1.95 bits per heavy atom.